The molecule has 1 saturated heterocycles. The second-order valence-corrected chi connectivity index (χ2v) is 6.16. The van der Waals surface area contributed by atoms with E-state index in [1.807, 2.05) is 6.92 Å². The summed E-state index contributed by atoms with van der Waals surface area (Å²) >= 11 is 0. The minimum atomic E-state index is -3.42. The van der Waals surface area contributed by atoms with E-state index in [0.29, 0.717) is 24.7 Å². The molecule has 0 aliphatic carbocycles. The molecule has 1 aromatic carbocycles. The molecule has 2 rings (SSSR count). The normalized spacial score (nSPS) is 20.8. The summed E-state index contributed by atoms with van der Waals surface area (Å²) in [6.45, 7) is 4.25. The van der Waals surface area contributed by atoms with Gasteiger partial charge in [0.25, 0.3) is 0 Å². The molecule has 5 nitrogen and oxygen atoms in total. The zero-order valence-corrected chi connectivity index (χ0v) is 11.2. The van der Waals surface area contributed by atoms with E-state index in [0.717, 1.165) is 12.1 Å². The summed E-state index contributed by atoms with van der Waals surface area (Å²) in [5.41, 5.74) is 1.04. The molecule has 1 aliphatic heterocycles. The maximum Gasteiger partial charge on any atom is 0.240 e. The number of hydrogen-bond donors (Lipinski definition) is 2. The number of hydrogen-bond acceptors (Lipinski definition) is 4. The van der Waals surface area contributed by atoms with Crippen molar-refractivity contribution in [2.75, 3.05) is 26.3 Å². The summed E-state index contributed by atoms with van der Waals surface area (Å²) in [4.78, 5) is 0.296. The van der Waals surface area contributed by atoms with Gasteiger partial charge in [-0.3, -0.25) is 0 Å². The number of benzene rings is 1. The van der Waals surface area contributed by atoms with Gasteiger partial charge in [0.05, 0.1) is 18.1 Å². The quantitative estimate of drug-likeness (QED) is 0.823. The summed E-state index contributed by atoms with van der Waals surface area (Å²) in [6.07, 6.45) is 0. The second kappa shape index (κ2) is 5.79. The van der Waals surface area contributed by atoms with Crippen LogP contribution in [0.1, 0.15) is 5.56 Å². The molecule has 0 amide bonds. The van der Waals surface area contributed by atoms with Gasteiger partial charge >= 0.3 is 0 Å². The van der Waals surface area contributed by atoms with Crippen molar-refractivity contribution in [2.24, 2.45) is 0 Å². The zero-order valence-electron chi connectivity index (χ0n) is 10.3. The molecule has 2 N–H and O–H groups in total. The largest absolute Gasteiger partial charge is 0.378 e. The minimum Gasteiger partial charge on any atom is -0.378 e. The van der Waals surface area contributed by atoms with Crippen LogP contribution in [0.25, 0.3) is 0 Å². The van der Waals surface area contributed by atoms with Crippen LogP contribution in [0.2, 0.25) is 0 Å². The van der Waals surface area contributed by atoms with Crippen LogP contribution in [0.4, 0.5) is 0 Å². The van der Waals surface area contributed by atoms with E-state index >= 15 is 0 Å². The molecule has 0 aromatic heterocycles. The Balaban J connectivity index is 1.96. The van der Waals surface area contributed by atoms with Crippen LogP contribution in [-0.4, -0.2) is 40.8 Å². The lowest BCUT2D eigenvalue weighted by atomic mass is 10.2. The molecule has 0 radical (unpaired) electrons. The Labute approximate surface area is 108 Å². The Morgan fingerprint density at radius 3 is 2.72 bits per heavy atom. The fourth-order valence-electron chi connectivity index (χ4n) is 1.76. The number of sulfonamides is 1. The highest BCUT2D eigenvalue weighted by Gasteiger charge is 2.18. The summed E-state index contributed by atoms with van der Waals surface area (Å²) in [7, 11) is -3.42. The molecule has 1 unspecified atom stereocenters. The average molecular weight is 270 g/mol. The van der Waals surface area contributed by atoms with Crippen LogP contribution in [0.15, 0.2) is 29.2 Å². The highest BCUT2D eigenvalue weighted by atomic mass is 32.2. The van der Waals surface area contributed by atoms with Gasteiger partial charge in [-0.05, 0) is 19.1 Å². The fourth-order valence-corrected chi connectivity index (χ4v) is 2.84. The van der Waals surface area contributed by atoms with Gasteiger partial charge in [-0.15, -0.1) is 0 Å². The molecule has 0 saturated carbocycles. The summed E-state index contributed by atoms with van der Waals surface area (Å²) in [5.74, 6) is 0. The molecule has 1 fully saturated rings. The Morgan fingerprint density at radius 2 is 2.11 bits per heavy atom. The Kier molecular flexibility index (Phi) is 4.34. The molecule has 1 atom stereocenters. The van der Waals surface area contributed by atoms with Crippen LogP contribution in [0.3, 0.4) is 0 Å². The number of rotatable bonds is 4. The first-order chi connectivity index (χ1) is 8.58. The second-order valence-electron chi connectivity index (χ2n) is 4.39. The zero-order chi connectivity index (χ0) is 13.0. The average Bonchev–Trinajstić information content (AvgIpc) is 2.38. The molecular weight excluding hydrogens is 252 g/mol. The lowest BCUT2D eigenvalue weighted by Gasteiger charge is -2.23. The fraction of sp³-hybridized carbons (Fsp3) is 0.500. The summed E-state index contributed by atoms with van der Waals surface area (Å²) < 4.78 is 31.9. The van der Waals surface area contributed by atoms with Gasteiger partial charge in [-0.1, -0.05) is 17.7 Å². The number of nitrogens with one attached hydrogen (secondary N) is 2. The Bertz CT molecular complexity index is 479. The van der Waals surface area contributed by atoms with Gasteiger partial charge in [0.1, 0.15) is 0 Å². The van der Waals surface area contributed by atoms with Gasteiger partial charge in [-0.2, -0.15) is 0 Å². The van der Waals surface area contributed by atoms with E-state index < -0.39 is 10.0 Å². The maximum absolute atomic E-state index is 12.0. The minimum absolute atomic E-state index is 0.0407. The van der Waals surface area contributed by atoms with E-state index in [1.165, 1.54) is 0 Å². The van der Waals surface area contributed by atoms with E-state index in [4.69, 9.17) is 4.74 Å². The first-order valence-corrected chi connectivity index (χ1v) is 7.44. The molecule has 1 aromatic rings. The van der Waals surface area contributed by atoms with Gasteiger partial charge in [-0.25, -0.2) is 13.1 Å². The van der Waals surface area contributed by atoms with Crippen LogP contribution in [0, 0.1) is 6.92 Å². The van der Waals surface area contributed by atoms with Crippen LogP contribution in [-0.2, 0) is 14.8 Å². The van der Waals surface area contributed by atoms with Crippen molar-refractivity contribution in [3.8, 4) is 0 Å². The van der Waals surface area contributed by atoms with Crippen molar-refractivity contribution in [1.82, 2.24) is 10.0 Å². The SMILES string of the molecule is Cc1ccc(S(=O)(=O)NCC2COCCN2)cc1. The van der Waals surface area contributed by atoms with Crippen molar-refractivity contribution >= 4 is 10.0 Å². The summed E-state index contributed by atoms with van der Waals surface area (Å²) in [6, 6.07) is 6.84. The molecule has 0 bridgehead atoms. The lowest BCUT2D eigenvalue weighted by molar-refractivity contribution is 0.0784. The van der Waals surface area contributed by atoms with Crippen molar-refractivity contribution in [3.05, 3.63) is 29.8 Å². The molecule has 1 aliphatic rings. The molecular formula is C12H18N2O3S. The molecule has 6 heteroatoms. The predicted molar refractivity (Wildman–Crippen MR) is 69.0 cm³/mol. The van der Waals surface area contributed by atoms with Crippen LogP contribution < -0.4 is 10.0 Å². The van der Waals surface area contributed by atoms with Crippen molar-refractivity contribution < 1.29 is 13.2 Å². The third-order valence-electron chi connectivity index (χ3n) is 2.85. The third-order valence-corrected chi connectivity index (χ3v) is 4.29. The molecule has 1 heterocycles. The first kappa shape index (κ1) is 13.5. The van der Waals surface area contributed by atoms with E-state index in [9.17, 15) is 8.42 Å². The summed E-state index contributed by atoms with van der Waals surface area (Å²) in [5, 5.41) is 3.20. The molecule has 18 heavy (non-hydrogen) atoms. The van der Waals surface area contributed by atoms with E-state index in [-0.39, 0.29) is 6.04 Å². The van der Waals surface area contributed by atoms with Crippen molar-refractivity contribution in [1.29, 1.82) is 0 Å². The Morgan fingerprint density at radius 1 is 1.39 bits per heavy atom. The topological polar surface area (TPSA) is 67.4 Å². The lowest BCUT2D eigenvalue weighted by Crippen LogP contribution is -2.48. The predicted octanol–water partition coefficient (Wildman–Crippen LogP) is 0.262. The van der Waals surface area contributed by atoms with Crippen LogP contribution >= 0.6 is 0 Å². The van der Waals surface area contributed by atoms with Gasteiger partial charge in [0, 0.05) is 19.1 Å². The third kappa shape index (κ3) is 3.52. The van der Waals surface area contributed by atoms with E-state index in [2.05, 4.69) is 10.0 Å². The smallest absolute Gasteiger partial charge is 0.240 e. The Hall–Kier alpha value is -0.950. The highest BCUT2D eigenvalue weighted by Crippen LogP contribution is 2.09. The van der Waals surface area contributed by atoms with Gasteiger partial charge in [0.2, 0.25) is 10.0 Å². The maximum atomic E-state index is 12.0. The van der Waals surface area contributed by atoms with E-state index in [1.54, 1.807) is 24.3 Å². The van der Waals surface area contributed by atoms with Gasteiger partial charge in [0.15, 0.2) is 0 Å². The van der Waals surface area contributed by atoms with Gasteiger partial charge < -0.3 is 10.1 Å². The van der Waals surface area contributed by atoms with Crippen LogP contribution in [0.5, 0.6) is 0 Å². The number of ether oxygens (including phenoxy) is 1. The van der Waals surface area contributed by atoms with Crippen molar-refractivity contribution in [3.63, 3.8) is 0 Å². The van der Waals surface area contributed by atoms with Crippen molar-refractivity contribution in [2.45, 2.75) is 17.9 Å². The monoisotopic (exact) mass is 270 g/mol. The highest BCUT2D eigenvalue weighted by molar-refractivity contribution is 7.89. The first-order valence-electron chi connectivity index (χ1n) is 5.95. The molecule has 0 spiro atoms. The standard InChI is InChI=1S/C12H18N2O3S/c1-10-2-4-12(5-3-10)18(15,16)14-8-11-9-17-7-6-13-11/h2-5,11,13-14H,6-9H2,1H3. The number of morpholine rings is 1. The number of aryl methyl sites for hydroxylation is 1. The molecule has 100 valence electrons.